The number of hydrogen-bond donors (Lipinski definition) is 1. The van der Waals surface area contributed by atoms with E-state index in [-0.39, 0.29) is 12.1 Å². The Hall–Kier alpha value is -1.10. The number of hydrogen-bond acceptors (Lipinski definition) is 4. The van der Waals surface area contributed by atoms with Crippen molar-refractivity contribution in [3.8, 4) is 5.75 Å². The Balaban J connectivity index is 2.14. The zero-order chi connectivity index (χ0) is 15.2. The Morgan fingerprint density at radius 1 is 1.33 bits per heavy atom. The summed E-state index contributed by atoms with van der Waals surface area (Å²) in [4.78, 5) is 2.48. The lowest BCUT2D eigenvalue weighted by molar-refractivity contribution is 0.115. The van der Waals surface area contributed by atoms with Gasteiger partial charge in [0.15, 0.2) is 0 Å². The van der Waals surface area contributed by atoms with Gasteiger partial charge < -0.3 is 15.2 Å². The van der Waals surface area contributed by atoms with Gasteiger partial charge in [-0.15, -0.1) is 0 Å². The molecule has 0 heterocycles. The minimum Gasteiger partial charge on any atom is -0.491 e. The molecule has 0 bridgehead atoms. The van der Waals surface area contributed by atoms with Gasteiger partial charge in [0.2, 0.25) is 0 Å². The number of methoxy groups -OCH3 is 1. The lowest BCUT2D eigenvalue weighted by Gasteiger charge is -2.31. The van der Waals surface area contributed by atoms with E-state index in [0.717, 1.165) is 18.9 Å². The van der Waals surface area contributed by atoms with Crippen LogP contribution in [0.25, 0.3) is 0 Å². The molecule has 1 aromatic carbocycles. The van der Waals surface area contributed by atoms with Crippen molar-refractivity contribution in [1.29, 1.82) is 0 Å². The highest BCUT2D eigenvalue weighted by Crippen LogP contribution is 2.34. The van der Waals surface area contributed by atoms with Crippen LogP contribution in [0.5, 0.6) is 5.75 Å². The second-order valence-corrected chi connectivity index (χ2v) is 5.95. The average molecular weight is 292 g/mol. The molecule has 118 valence electrons. The van der Waals surface area contributed by atoms with Crippen LogP contribution in [0.15, 0.2) is 24.3 Å². The Bertz CT molecular complexity index is 433. The predicted octanol–water partition coefficient (Wildman–Crippen LogP) is 2.58. The molecule has 1 aromatic rings. The van der Waals surface area contributed by atoms with Crippen LogP contribution in [0.3, 0.4) is 0 Å². The van der Waals surface area contributed by atoms with Gasteiger partial charge in [-0.25, -0.2) is 0 Å². The van der Waals surface area contributed by atoms with E-state index < -0.39 is 0 Å². The highest BCUT2D eigenvalue weighted by atomic mass is 16.5. The van der Waals surface area contributed by atoms with Crippen LogP contribution in [0, 0.1) is 0 Å². The number of rotatable bonds is 9. The van der Waals surface area contributed by atoms with E-state index >= 15 is 0 Å². The van der Waals surface area contributed by atoms with Gasteiger partial charge in [0.1, 0.15) is 5.75 Å². The molecule has 4 nitrogen and oxygen atoms in total. The van der Waals surface area contributed by atoms with Gasteiger partial charge in [-0.2, -0.15) is 0 Å². The number of nitrogens with two attached hydrogens (primary N) is 1. The van der Waals surface area contributed by atoms with Crippen molar-refractivity contribution in [1.82, 2.24) is 4.90 Å². The molecule has 0 aromatic heterocycles. The predicted molar refractivity (Wildman–Crippen MR) is 85.6 cm³/mol. The number of ether oxygens (including phenoxy) is 2. The highest BCUT2D eigenvalue weighted by Gasteiger charge is 2.33. The fourth-order valence-electron chi connectivity index (χ4n) is 2.73. The summed E-state index contributed by atoms with van der Waals surface area (Å²) in [5.41, 5.74) is 7.31. The molecule has 1 aliphatic rings. The topological polar surface area (TPSA) is 47.7 Å². The van der Waals surface area contributed by atoms with Crippen molar-refractivity contribution in [2.24, 2.45) is 5.73 Å². The first-order valence-corrected chi connectivity index (χ1v) is 7.87. The van der Waals surface area contributed by atoms with Gasteiger partial charge in [0, 0.05) is 32.3 Å². The summed E-state index contributed by atoms with van der Waals surface area (Å²) in [6, 6.07) is 9.23. The molecular formula is C17H28N2O2. The van der Waals surface area contributed by atoms with Crippen LogP contribution in [0.4, 0.5) is 0 Å². The fourth-order valence-corrected chi connectivity index (χ4v) is 2.73. The van der Waals surface area contributed by atoms with Crippen molar-refractivity contribution in [2.45, 2.75) is 44.9 Å². The van der Waals surface area contributed by atoms with Crippen LogP contribution >= 0.6 is 0 Å². The summed E-state index contributed by atoms with van der Waals surface area (Å²) < 4.78 is 11.1. The van der Waals surface area contributed by atoms with Gasteiger partial charge in [-0.05, 0) is 44.4 Å². The summed E-state index contributed by atoms with van der Waals surface area (Å²) >= 11 is 0. The minimum atomic E-state index is 0.185. The van der Waals surface area contributed by atoms with Crippen molar-refractivity contribution >= 4 is 0 Å². The van der Waals surface area contributed by atoms with E-state index in [1.54, 1.807) is 7.11 Å². The Morgan fingerprint density at radius 2 is 2.10 bits per heavy atom. The second kappa shape index (κ2) is 7.78. The van der Waals surface area contributed by atoms with Gasteiger partial charge in [0.05, 0.1) is 12.7 Å². The summed E-state index contributed by atoms with van der Waals surface area (Å²) in [6.07, 6.45) is 2.72. The largest absolute Gasteiger partial charge is 0.491 e. The van der Waals surface area contributed by atoms with Gasteiger partial charge >= 0.3 is 0 Å². The Kier molecular flexibility index (Phi) is 6.03. The van der Waals surface area contributed by atoms with E-state index in [9.17, 15) is 0 Å². The lowest BCUT2D eigenvalue weighted by atomic mass is 10.0. The molecule has 2 N–H and O–H groups in total. The van der Waals surface area contributed by atoms with Crippen molar-refractivity contribution in [2.75, 3.05) is 26.8 Å². The molecule has 4 heteroatoms. The molecule has 0 radical (unpaired) electrons. The average Bonchev–Trinajstić information content (AvgIpc) is 3.27. The zero-order valence-corrected chi connectivity index (χ0v) is 13.4. The smallest absolute Gasteiger partial charge is 0.120 e. The molecule has 1 aliphatic carbocycles. The summed E-state index contributed by atoms with van der Waals surface area (Å²) in [7, 11) is 1.75. The minimum absolute atomic E-state index is 0.185. The molecule has 0 saturated heterocycles. The van der Waals surface area contributed by atoms with E-state index in [0.29, 0.717) is 12.6 Å². The zero-order valence-electron chi connectivity index (χ0n) is 13.4. The summed E-state index contributed by atoms with van der Waals surface area (Å²) in [5, 5.41) is 0. The quantitative estimate of drug-likeness (QED) is 0.760. The number of nitrogens with zero attached hydrogens (tertiary/aromatic N) is 1. The fraction of sp³-hybridized carbons (Fsp3) is 0.647. The molecule has 1 atom stereocenters. The van der Waals surface area contributed by atoms with Crippen molar-refractivity contribution in [3.05, 3.63) is 29.8 Å². The van der Waals surface area contributed by atoms with Crippen LogP contribution in [-0.2, 0) is 4.74 Å². The maximum Gasteiger partial charge on any atom is 0.120 e. The first kappa shape index (κ1) is 16.3. The molecular weight excluding hydrogens is 264 g/mol. The maximum atomic E-state index is 6.07. The van der Waals surface area contributed by atoms with Gasteiger partial charge in [-0.3, -0.25) is 4.90 Å². The van der Waals surface area contributed by atoms with E-state index in [2.05, 4.69) is 23.1 Å². The SMILES string of the molecule is COCCN(C1CC1)C(CN)c1cccc(OC(C)C)c1. The van der Waals surface area contributed by atoms with Crippen LogP contribution in [0.2, 0.25) is 0 Å². The standard InChI is InChI=1S/C17H28N2O2/c1-13(2)21-16-6-4-5-14(11-16)17(12-18)19(9-10-20-3)15-7-8-15/h4-6,11,13,15,17H,7-10,12,18H2,1-3H3. The molecule has 0 spiro atoms. The normalized spacial score (nSPS) is 16.5. The third-order valence-corrected chi connectivity index (χ3v) is 3.81. The third-order valence-electron chi connectivity index (χ3n) is 3.81. The maximum absolute atomic E-state index is 6.07. The van der Waals surface area contributed by atoms with E-state index in [1.807, 2.05) is 19.9 Å². The third kappa shape index (κ3) is 4.70. The Labute approximate surface area is 128 Å². The summed E-state index contributed by atoms with van der Waals surface area (Å²) in [5.74, 6) is 0.920. The molecule has 1 unspecified atom stereocenters. The molecule has 1 saturated carbocycles. The van der Waals surface area contributed by atoms with Gasteiger partial charge in [-0.1, -0.05) is 12.1 Å². The van der Waals surface area contributed by atoms with Crippen LogP contribution < -0.4 is 10.5 Å². The highest BCUT2D eigenvalue weighted by molar-refractivity contribution is 5.31. The molecule has 0 aliphatic heterocycles. The van der Waals surface area contributed by atoms with E-state index in [1.165, 1.54) is 18.4 Å². The molecule has 21 heavy (non-hydrogen) atoms. The van der Waals surface area contributed by atoms with Gasteiger partial charge in [0.25, 0.3) is 0 Å². The molecule has 0 amide bonds. The van der Waals surface area contributed by atoms with Crippen molar-refractivity contribution in [3.63, 3.8) is 0 Å². The molecule has 1 fully saturated rings. The second-order valence-electron chi connectivity index (χ2n) is 5.95. The van der Waals surface area contributed by atoms with Crippen LogP contribution in [-0.4, -0.2) is 43.9 Å². The number of benzene rings is 1. The summed E-state index contributed by atoms with van der Waals surface area (Å²) in [6.45, 7) is 6.38. The Morgan fingerprint density at radius 3 is 2.67 bits per heavy atom. The first-order valence-electron chi connectivity index (χ1n) is 7.87. The lowest BCUT2D eigenvalue weighted by Crippen LogP contribution is -2.37. The van der Waals surface area contributed by atoms with E-state index in [4.69, 9.17) is 15.2 Å². The first-order chi connectivity index (χ1) is 10.2. The van der Waals surface area contributed by atoms with Crippen LogP contribution in [0.1, 0.15) is 38.3 Å². The molecule has 2 rings (SSSR count). The monoisotopic (exact) mass is 292 g/mol. The van der Waals surface area contributed by atoms with Crippen molar-refractivity contribution < 1.29 is 9.47 Å².